The summed E-state index contributed by atoms with van der Waals surface area (Å²) in [5.74, 6) is 1.08. The molecule has 3 aliphatic rings. The van der Waals surface area contributed by atoms with Crippen molar-refractivity contribution in [2.24, 2.45) is 11.3 Å². The molecule has 0 radical (unpaired) electrons. The number of hydrogen-bond donors (Lipinski definition) is 0. The first kappa shape index (κ1) is 6.28. The van der Waals surface area contributed by atoms with Crippen LogP contribution < -0.4 is 0 Å². The van der Waals surface area contributed by atoms with Crippen molar-refractivity contribution in [3.63, 3.8) is 0 Å². The third-order valence-electron chi connectivity index (χ3n) is 4.43. The summed E-state index contributed by atoms with van der Waals surface area (Å²) in [5, 5.41) is 0. The highest BCUT2D eigenvalue weighted by Gasteiger charge is 2.51. The van der Waals surface area contributed by atoms with Gasteiger partial charge in [-0.3, -0.25) is 0 Å². The molecule has 0 spiro atoms. The quantitative estimate of drug-likeness (QED) is 0.462. The second-order valence-electron chi connectivity index (χ2n) is 4.79. The van der Waals surface area contributed by atoms with E-state index in [1.807, 2.05) is 11.1 Å². The number of fused-ring (bicyclic) bond motifs is 2. The van der Waals surface area contributed by atoms with Crippen molar-refractivity contribution in [1.29, 1.82) is 0 Å². The van der Waals surface area contributed by atoms with Gasteiger partial charge >= 0.3 is 0 Å². The van der Waals surface area contributed by atoms with Gasteiger partial charge in [-0.1, -0.05) is 18.1 Å². The highest BCUT2D eigenvalue weighted by molar-refractivity contribution is 5.35. The van der Waals surface area contributed by atoms with Gasteiger partial charge in [0.1, 0.15) is 0 Å². The molecule has 0 saturated heterocycles. The summed E-state index contributed by atoms with van der Waals surface area (Å²) >= 11 is 0. The van der Waals surface area contributed by atoms with Crippen LogP contribution in [-0.2, 0) is 0 Å². The Bertz CT molecular complexity index is 236. The first-order valence-corrected chi connectivity index (χ1v) is 5.02. The highest BCUT2D eigenvalue weighted by Crippen LogP contribution is 2.63. The molecule has 0 heterocycles. The van der Waals surface area contributed by atoms with E-state index in [-0.39, 0.29) is 0 Å². The van der Waals surface area contributed by atoms with Crippen molar-refractivity contribution >= 4 is 0 Å². The molecule has 3 aliphatic carbocycles. The Morgan fingerprint density at radius 2 is 2.27 bits per heavy atom. The lowest BCUT2D eigenvalue weighted by Gasteiger charge is -2.44. The standard InChI is InChI=1S/C11H16/c1-11-6-5-9(11)7-8-3-2-4-10(8)11/h9H,2-7H2,1H3/t9-,11-/m1/s1. The predicted octanol–water partition coefficient (Wildman–Crippen LogP) is 3.29. The fourth-order valence-electron chi connectivity index (χ4n) is 3.52. The van der Waals surface area contributed by atoms with Crippen LogP contribution in [-0.4, -0.2) is 0 Å². The lowest BCUT2D eigenvalue weighted by atomic mass is 9.60. The molecule has 2 atom stereocenters. The van der Waals surface area contributed by atoms with E-state index >= 15 is 0 Å². The molecule has 1 fully saturated rings. The Morgan fingerprint density at radius 1 is 1.36 bits per heavy atom. The Kier molecular flexibility index (Phi) is 0.987. The van der Waals surface area contributed by atoms with Crippen LogP contribution in [0.25, 0.3) is 0 Å². The van der Waals surface area contributed by atoms with Crippen LogP contribution >= 0.6 is 0 Å². The first-order valence-electron chi connectivity index (χ1n) is 5.02. The number of rotatable bonds is 0. The van der Waals surface area contributed by atoms with Crippen molar-refractivity contribution in [2.75, 3.05) is 0 Å². The van der Waals surface area contributed by atoms with Crippen LogP contribution in [0, 0.1) is 11.3 Å². The van der Waals surface area contributed by atoms with E-state index in [9.17, 15) is 0 Å². The number of allylic oxidation sites excluding steroid dienone is 2. The summed E-state index contributed by atoms with van der Waals surface area (Å²) < 4.78 is 0. The second-order valence-corrected chi connectivity index (χ2v) is 4.79. The molecule has 0 heteroatoms. The molecule has 0 bridgehead atoms. The summed E-state index contributed by atoms with van der Waals surface area (Å²) in [4.78, 5) is 0. The largest absolute Gasteiger partial charge is 0.0701 e. The average molecular weight is 148 g/mol. The molecule has 0 aromatic carbocycles. The van der Waals surface area contributed by atoms with Gasteiger partial charge in [0.25, 0.3) is 0 Å². The van der Waals surface area contributed by atoms with Gasteiger partial charge in [0.2, 0.25) is 0 Å². The molecule has 1 saturated carbocycles. The normalized spacial score (nSPS) is 47.2. The average Bonchev–Trinajstić information content (AvgIpc) is 2.49. The predicted molar refractivity (Wildman–Crippen MR) is 46.3 cm³/mol. The minimum atomic E-state index is 0.714. The second kappa shape index (κ2) is 1.73. The minimum Gasteiger partial charge on any atom is -0.0701 e. The Morgan fingerprint density at radius 3 is 3.00 bits per heavy atom. The molecular formula is C11H16. The van der Waals surface area contributed by atoms with Crippen molar-refractivity contribution in [2.45, 2.75) is 45.4 Å². The van der Waals surface area contributed by atoms with E-state index in [0.29, 0.717) is 5.41 Å². The SMILES string of the molecule is C[C@@]12CC[C@@H]1CC1=C2CCC1. The fraction of sp³-hybridized carbons (Fsp3) is 0.818. The van der Waals surface area contributed by atoms with Crippen LogP contribution in [0.1, 0.15) is 45.4 Å². The summed E-state index contributed by atoms with van der Waals surface area (Å²) in [7, 11) is 0. The van der Waals surface area contributed by atoms with Crippen LogP contribution in [0.2, 0.25) is 0 Å². The summed E-state index contributed by atoms with van der Waals surface area (Å²) in [6.07, 6.45) is 8.85. The van der Waals surface area contributed by atoms with Crippen molar-refractivity contribution in [1.82, 2.24) is 0 Å². The molecule has 0 aromatic heterocycles. The first-order chi connectivity index (χ1) is 5.31. The molecule has 0 N–H and O–H groups in total. The highest BCUT2D eigenvalue weighted by atomic mass is 14.6. The van der Waals surface area contributed by atoms with E-state index in [1.54, 1.807) is 0 Å². The zero-order valence-electron chi connectivity index (χ0n) is 7.32. The molecule has 0 amide bonds. The van der Waals surface area contributed by atoms with Crippen LogP contribution in [0.4, 0.5) is 0 Å². The Labute approximate surface area is 68.7 Å². The van der Waals surface area contributed by atoms with Crippen LogP contribution in [0.3, 0.4) is 0 Å². The van der Waals surface area contributed by atoms with E-state index in [0.717, 1.165) is 5.92 Å². The molecule has 0 aromatic rings. The number of hydrogen-bond acceptors (Lipinski definition) is 0. The maximum Gasteiger partial charge on any atom is -0.00823 e. The Balaban J connectivity index is 2.03. The van der Waals surface area contributed by atoms with E-state index < -0.39 is 0 Å². The van der Waals surface area contributed by atoms with Gasteiger partial charge in [-0.05, 0) is 49.9 Å². The fourth-order valence-corrected chi connectivity index (χ4v) is 3.52. The van der Waals surface area contributed by atoms with Gasteiger partial charge in [-0.15, -0.1) is 0 Å². The molecule has 0 aliphatic heterocycles. The van der Waals surface area contributed by atoms with E-state index in [1.165, 1.54) is 38.5 Å². The van der Waals surface area contributed by atoms with E-state index in [4.69, 9.17) is 0 Å². The van der Waals surface area contributed by atoms with Gasteiger partial charge in [-0.25, -0.2) is 0 Å². The molecular weight excluding hydrogens is 132 g/mol. The maximum atomic E-state index is 2.51. The smallest absolute Gasteiger partial charge is 0.00823 e. The van der Waals surface area contributed by atoms with Gasteiger partial charge in [0.05, 0.1) is 0 Å². The van der Waals surface area contributed by atoms with Gasteiger partial charge in [0, 0.05) is 0 Å². The topological polar surface area (TPSA) is 0 Å². The third kappa shape index (κ3) is 0.579. The van der Waals surface area contributed by atoms with E-state index in [2.05, 4.69) is 6.92 Å². The lowest BCUT2D eigenvalue weighted by Crippen LogP contribution is -2.35. The van der Waals surface area contributed by atoms with Gasteiger partial charge in [0.15, 0.2) is 0 Å². The van der Waals surface area contributed by atoms with Crippen LogP contribution in [0.15, 0.2) is 11.1 Å². The van der Waals surface area contributed by atoms with Gasteiger partial charge in [-0.2, -0.15) is 0 Å². The summed E-state index contributed by atoms with van der Waals surface area (Å²) in [6, 6.07) is 0. The zero-order valence-corrected chi connectivity index (χ0v) is 7.32. The Hall–Kier alpha value is -0.260. The third-order valence-corrected chi connectivity index (χ3v) is 4.43. The summed E-state index contributed by atoms with van der Waals surface area (Å²) in [5.41, 5.74) is 4.48. The van der Waals surface area contributed by atoms with Crippen LogP contribution in [0.5, 0.6) is 0 Å². The molecule has 0 unspecified atom stereocenters. The minimum absolute atomic E-state index is 0.714. The van der Waals surface area contributed by atoms with Crippen molar-refractivity contribution in [3.8, 4) is 0 Å². The zero-order chi connectivity index (χ0) is 7.47. The lowest BCUT2D eigenvalue weighted by molar-refractivity contribution is 0.108. The maximum absolute atomic E-state index is 2.51. The van der Waals surface area contributed by atoms with Gasteiger partial charge < -0.3 is 0 Å². The molecule has 11 heavy (non-hydrogen) atoms. The molecule has 3 rings (SSSR count). The van der Waals surface area contributed by atoms with Crippen molar-refractivity contribution in [3.05, 3.63) is 11.1 Å². The summed E-state index contributed by atoms with van der Waals surface area (Å²) in [6.45, 7) is 2.51. The molecule has 0 nitrogen and oxygen atoms in total. The monoisotopic (exact) mass is 148 g/mol. The van der Waals surface area contributed by atoms with Crippen molar-refractivity contribution < 1.29 is 0 Å². The molecule has 60 valence electrons.